The Morgan fingerprint density at radius 3 is 1.91 bits per heavy atom. The molecule has 0 bridgehead atoms. The molecule has 0 aliphatic rings. The highest BCUT2D eigenvalue weighted by molar-refractivity contribution is 7.92. The average Bonchev–Trinajstić information content (AvgIpc) is 2.86. The number of carbonyl (C=O) groups is 1. The summed E-state index contributed by atoms with van der Waals surface area (Å²) in [7, 11) is -4.20. The number of nitro groups is 2. The zero-order valence-electron chi connectivity index (χ0n) is 18.3. The van der Waals surface area contributed by atoms with Crippen LogP contribution in [0.1, 0.15) is 12.5 Å². The molecule has 0 fully saturated rings. The minimum Gasteiger partial charge on any atom is -0.271 e. The van der Waals surface area contributed by atoms with E-state index in [2.05, 4.69) is 10.5 Å². The highest BCUT2D eigenvalue weighted by Gasteiger charge is 2.27. The summed E-state index contributed by atoms with van der Waals surface area (Å²) < 4.78 is 27.3. The number of non-ortho nitro benzene ring substituents is 2. The second-order valence-electron chi connectivity index (χ2n) is 7.13. The standard InChI is InChI=1S/C22H19N5O7S/c1-16(17-7-9-19(10-8-17)26(29)30)23-24-22(28)15-25(18-11-13-20(14-12-18)27(31)32)35(33,34)21-5-3-2-4-6-21/h2-14H,15H2,1H3,(H,24,28)/b23-16-. The van der Waals surface area contributed by atoms with Crippen molar-refractivity contribution in [1.82, 2.24) is 5.43 Å². The largest absolute Gasteiger partial charge is 0.271 e. The molecule has 35 heavy (non-hydrogen) atoms. The molecule has 1 amide bonds. The smallest absolute Gasteiger partial charge is 0.269 e. The molecule has 0 aliphatic heterocycles. The molecule has 0 spiro atoms. The van der Waals surface area contributed by atoms with E-state index in [0.29, 0.717) is 11.3 Å². The third kappa shape index (κ3) is 6.03. The monoisotopic (exact) mass is 497 g/mol. The number of sulfonamides is 1. The maximum Gasteiger partial charge on any atom is 0.269 e. The Balaban J connectivity index is 1.85. The molecule has 0 aliphatic carbocycles. The lowest BCUT2D eigenvalue weighted by atomic mass is 10.1. The van der Waals surface area contributed by atoms with Crippen LogP contribution in [-0.2, 0) is 14.8 Å². The Morgan fingerprint density at radius 2 is 1.40 bits per heavy atom. The van der Waals surface area contributed by atoms with Crippen molar-refractivity contribution in [1.29, 1.82) is 0 Å². The van der Waals surface area contributed by atoms with Crippen LogP contribution in [0.5, 0.6) is 0 Å². The quantitative estimate of drug-likeness (QED) is 0.269. The third-order valence-corrected chi connectivity index (χ3v) is 6.60. The maximum atomic E-state index is 13.3. The van der Waals surface area contributed by atoms with Crippen molar-refractivity contribution < 1.29 is 23.1 Å². The minimum absolute atomic E-state index is 0.0469. The van der Waals surface area contributed by atoms with Gasteiger partial charge in [0, 0.05) is 24.3 Å². The number of hydrogen-bond acceptors (Lipinski definition) is 8. The van der Waals surface area contributed by atoms with E-state index in [1.54, 1.807) is 13.0 Å². The number of carbonyl (C=O) groups excluding carboxylic acids is 1. The molecule has 180 valence electrons. The van der Waals surface area contributed by atoms with E-state index in [1.165, 1.54) is 60.7 Å². The number of rotatable bonds is 9. The van der Waals surface area contributed by atoms with Gasteiger partial charge in [-0.3, -0.25) is 29.3 Å². The predicted molar refractivity (Wildman–Crippen MR) is 128 cm³/mol. The van der Waals surface area contributed by atoms with Gasteiger partial charge in [-0.2, -0.15) is 5.10 Å². The Labute approximate surface area is 199 Å². The third-order valence-electron chi connectivity index (χ3n) is 4.81. The van der Waals surface area contributed by atoms with Gasteiger partial charge in [-0.25, -0.2) is 13.8 Å². The Hall–Kier alpha value is -4.65. The number of nitro benzene ring substituents is 2. The summed E-state index contributed by atoms with van der Waals surface area (Å²) in [6, 6.07) is 17.7. The molecular formula is C22H19N5O7S. The van der Waals surface area contributed by atoms with Crippen LogP contribution in [-0.4, -0.2) is 36.4 Å². The molecule has 0 radical (unpaired) electrons. The van der Waals surface area contributed by atoms with Gasteiger partial charge in [0.25, 0.3) is 27.3 Å². The second kappa shape index (κ2) is 10.5. The molecule has 3 aromatic rings. The van der Waals surface area contributed by atoms with Gasteiger partial charge in [0.05, 0.1) is 26.1 Å². The van der Waals surface area contributed by atoms with Crippen LogP contribution in [0.15, 0.2) is 88.9 Å². The summed E-state index contributed by atoms with van der Waals surface area (Å²) in [5.74, 6) is -0.774. The van der Waals surface area contributed by atoms with E-state index in [9.17, 15) is 33.4 Å². The first-order valence-corrected chi connectivity index (χ1v) is 11.4. The van der Waals surface area contributed by atoms with Crippen molar-refractivity contribution in [3.05, 3.63) is 105 Å². The Bertz CT molecular complexity index is 1370. The molecule has 0 atom stereocenters. The summed E-state index contributed by atoms with van der Waals surface area (Å²) in [4.78, 5) is 33.1. The summed E-state index contributed by atoms with van der Waals surface area (Å²) in [5.41, 5.74) is 2.83. The lowest BCUT2D eigenvalue weighted by molar-refractivity contribution is -0.385. The van der Waals surface area contributed by atoms with Crippen molar-refractivity contribution in [3.63, 3.8) is 0 Å². The van der Waals surface area contributed by atoms with E-state index in [4.69, 9.17) is 0 Å². The SMILES string of the molecule is C/C(=N/NC(=O)CN(c1ccc([N+](=O)[O-])cc1)S(=O)(=O)c1ccccc1)c1ccc([N+](=O)[O-])cc1. The second-order valence-corrected chi connectivity index (χ2v) is 9.00. The number of anilines is 1. The van der Waals surface area contributed by atoms with Crippen LogP contribution in [0, 0.1) is 20.2 Å². The van der Waals surface area contributed by atoms with Gasteiger partial charge in [0.1, 0.15) is 6.54 Å². The topological polar surface area (TPSA) is 165 Å². The summed E-state index contributed by atoms with van der Waals surface area (Å²) in [5, 5.41) is 25.7. The van der Waals surface area contributed by atoms with E-state index >= 15 is 0 Å². The fourth-order valence-corrected chi connectivity index (χ4v) is 4.42. The number of nitrogens with zero attached hydrogens (tertiary/aromatic N) is 4. The van der Waals surface area contributed by atoms with Gasteiger partial charge in [0.15, 0.2) is 0 Å². The minimum atomic E-state index is -4.20. The van der Waals surface area contributed by atoms with Crippen LogP contribution in [0.4, 0.5) is 17.1 Å². The van der Waals surface area contributed by atoms with Gasteiger partial charge in [-0.1, -0.05) is 18.2 Å². The van der Waals surface area contributed by atoms with E-state index in [1.807, 2.05) is 0 Å². The van der Waals surface area contributed by atoms with Gasteiger partial charge in [-0.15, -0.1) is 0 Å². The first-order valence-electron chi connectivity index (χ1n) is 10.00. The van der Waals surface area contributed by atoms with Gasteiger partial charge < -0.3 is 0 Å². The summed E-state index contributed by atoms with van der Waals surface area (Å²) in [6.07, 6.45) is 0. The maximum absolute atomic E-state index is 13.3. The van der Waals surface area contributed by atoms with Crippen LogP contribution >= 0.6 is 0 Å². The van der Waals surface area contributed by atoms with Crippen LogP contribution in [0.25, 0.3) is 0 Å². The normalized spacial score (nSPS) is 11.5. The highest BCUT2D eigenvalue weighted by atomic mass is 32.2. The average molecular weight is 497 g/mol. The van der Waals surface area contributed by atoms with Crippen molar-refractivity contribution in [3.8, 4) is 0 Å². The van der Waals surface area contributed by atoms with Gasteiger partial charge >= 0.3 is 0 Å². The van der Waals surface area contributed by atoms with Gasteiger partial charge in [-0.05, 0) is 48.9 Å². The number of amides is 1. The van der Waals surface area contributed by atoms with E-state index in [0.717, 1.165) is 16.4 Å². The molecule has 0 saturated heterocycles. The predicted octanol–water partition coefficient (Wildman–Crippen LogP) is 3.24. The molecule has 3 rings (SSSR count). The number of benzene rings is 3. The highest BCUT2D eigenvalue weighted by Crippen LogP contribution is 2.25. The zero-order chi connectivity index (χ0) is 25.6. The lowest BCUT2D eigenvalue weighted by Gasteiger charge is -2.23. The van der Waals surface area contributed by atoms with Gasteiger partial charge in [0.2, 0.25) is 0 Å². The molecule has 1 N–H and O–H groups in total. The molecule has 0 heterocycles. The summed E-state index contributed by atoms with van der Waals surface area (Å²) in [6.45, 7) is 0.905. The van der Waals surface area contributed by atoms with Crippen molar-refractivity contribution in [2.24, 2.45) is 5.10 Å². The molecule has 0 aromatic heterocycles. The van der Waals surface area contributed by atoms with Crippen molar-refractivity contribution in [2.75, 3.05) is 10.8 Å². The Kier molecular flexibility index (Phi) is 7.51. The van der Waals surface area contributed by atoms with E-state index < -0.39 is 32.3 Å². The number of hydrogen-bond donors (Lipinski definition) is 1. The Morgan fingerprint density at radius 1 is 0.886 bits per heavy atom. The fraction of sp³-hybridized carbons (Fsp3) is 0.0909. The van der Waals surface area contributed by atoms with Crippen LogP contribution in [0.3, 0.4) is 0 Å². The van der Waals surface area contributed by atoms with Crippen molar-refractivity contribution >= 4 is 38.7 Å². The van der Waals surface area contributed by atoms with Crippen LogP contribution in [0.2, 0.25) is 0 Å². The van der Waals surface area contributed by atoms with Crippen LogP contribution < -0.4 is 9.73 Å². The molecule has 0 unspecified atom stereocenters. The zero-order valence-corrected chi connectivity index (χ0v) is 19.1. The number of hydrazone groups is 1. The first kappa shape index (κ1) is 25.0. The van der Waals surface area contributed by atoms with Crippen molar-refractivity contribution in [2.45, 2.75) is 11.8 Å². The molecular weight excluding hydrogens is 478 g/mol. The fourth-order valence-electron chi connectivity index (χ4n) is 2.98. The first-order chi connectivity index (χ1) is 16.6. The molecule has 3 aromatic carbocycles. The van der Waals surface area contributed by atoms with E-state index in [-0.39, 0.29) is 22.0 Å². The molecule has 12 nitrogen and oxygen atoms in total. The summed E-state index contributed by atoms with van der Waals surface area (Å²) >= 11 is 0. The molecule has 0 saturated carbocycles. The lowest BCUT2D eigenvalue weighted by Crippen LogP contribution is -2.39. The number of nitrogens with one attached hydrogen (secondary N) is 1. The molecule has 13 heteroatoms.